The van der Waals surface area contributed by atoms with Gasteiger partial charge in [0.15, 0.2) is 0 Å². The third-order valence-electron chi connectivity index (χ3n) is 8.76. The predicted molar refractivity (Wildman–Crippen MR) is 192 cm³/mol. The molecule has 52 heavy (non-hydrogen) atoms. The number of nitrogens with zero attached hydrogens (tertiary/aromatic N) is 2. The van der Waals surface area contributed by atoms with Crippen LogP contribution in [0, 0.1) is 5.92 Å². The molecule has 5 amide bonds. The van der Waals surface area contributed by atoms with Gasteiger partial charge >= 0.3 is 12.2 Å². The lowest BCUT2D eigenvalue weighted by Gasteiger charge is -2.38. The van der Waals surface area contributed by atoms with E-state index in [1.807, 2.05) is 6.92 Å². The number of unbranched alkanes of at least 4 members (excludes halogenated alkanes) is 2. The molecule has 0 saturated carbocycles. The highest BCUT2D eigenvalue weighted by Gasteiger charge is 2.34. The van der Waals surface area contributed by atoms with Crippen molar-refractivity contribution in [3.63, 3.8) is 0 Å². The molecule has 0 fully saturated rings. The minimum Gasteiger partial charge on any atom is -0.487 e. The zero-order valence-electron chi connectivity index (χ0n) is 29.3. The van der Waals surface area contributed by atoms with Crippen LogP contribution in [0.2, 0.25) is 0 Å². The van der Waals surface area contributed by atoms with Gasteiger partial charge in [-0.05, 0) is 74.4 Å². The third kappa shape index (κ3) is 10.8. The summed E-state index contributed by atoms with van der Waals surface area (Å²) in [4.78, 5) is 54.7. The lowest BCUT2D eigenvalue weighted by molar-refractivity contribution is -0.137. The molecular weight excluding hydrogens is 681 g/mol. The van der Waals surface area contributed by atoms with Gasteiger partial charge in [0.05, 0.1) is 41.7 Å². The summed E-state index contributed by atoms with van der Waals surface area (Å²) in [5.41, 5.74) is 6.78. The highest BCUT2D eigenvalue weighted by molar-refractivity contribution is 6.00. The number of para-hydroxylation sites is 2. The number of hydrogen-bond donors (Lipinski definition) is 5. The number of carbonyl (C=O) groups is 4. The molecule has 1 aliphatic rings. The monoisotopic (exact) mass is 726 g/mol. The van der Waals surface area contributed by atoms with E-state index in [2.05, 4.69) is 16.0 Å². The maximum absolute atomic E-state index is 13.8. The van der Waals surface area contributed by atoms with E-state index in [1.165, 1.54) is 35.0 Å². The largest absolute Gasteiger partial charge is 0.487 e. The minimum atomic E-state index is -4.50. The topological polar surface area (TPSA) is 166 Å². The number of benzene rings is 3. The number of alkyl halides is 3. The predicted octanol–water partition coefficient (Wildman–Crippen LogP) is 6.20. The van der Waals surface area contributed by atoms with Gasteiger partial charge in [0, 0.05) is 43.7 Å². The molecule has 3 aromatic rings. The summed E-state index contributed by atoms with van der Waals surface area (Å²) < 4.78 is 45.1. The van der Waals surface area contributed by atoms with Crippen molar-refractivity contribution in [1.29, 1.82) is 0 Å². The van der Waals surface area contributed by atoms with Gasteiger partial charge in [-0.2, -0.15) is 13.2 Å². The first-order chi connectivity index (χ1) is 24.7. The van der Waals surface area contributed by atoms with Gasteiger partial charge in [-0.15, -0.1) is 0 Å². The summed E-state index contributed by atoms with van der Waals surface area (Å²) in [5, 5.41) is 18.1. The Kier molecular flexibility index (Phi) is 13.5. The average molecular weight is 727 g/mol. The van der Waals surface area contributed by atoms with Crippen LogP contribution in [0.15, 0.2) is 66.7 Å². The molecular formula is C37H45F3N6O6. The Morgan fingerprint density at radius 1 is 0.962 bits per heavy atom. The molecule has 1 heterocycles. The Labute approximate surface area is 300 Å². The van der Waals surface area contributed by atoms with Crippen molar-refractivity contribution in [3.05, 3.63) is 77.9 Å². The summed E-state index contributed by atoms with van der Waals surface area (Å²) >= 11 is 0. The molecule has 3 aromatic carbocycles. The highest BCUT2D eigenvalue weighted by Crippen LogP contribution is 2.32. The SMILES string of the molecule is C[C@H](CO)N1C[C@H](C)[C@H](CN(C)C(=O)Nc2ccc(C(F)(F)F)cc2)Oc2ccc(NC(=O)CCCCCC(=O)Nc3ccccc3N)cc2C1=O. The van der Waals surface area contributed by atoms with E-state index in [1.54, 1.807) is 43.3 Å². The number of carbonyl (C=O) groups excluding carboxylic acids is 4. The van der Waals surface area contributed by atoms with Gasteiger partial charge in [-0.3, -0.25) is 14.4 Å². The van der Waals surface area contributed by atoms with Crippen molar-refractivity contribution in [2.24, 2.45) is 5.92 Å². The molecule has 280 valence electrons. The van der Waals surface area contributed by atoms with Crippen LogP contribution in [0.4, 0.5) is 40.7 Å². The zero-order chi connectivity index (χ0) is 38.0. The second-order valence-electron chi connectivity index (χ2n) is 13.0. The van der Waals surface area contributed by atoms with Crippen molar-refractivity contribution in [1.82, 2.24) is 9.80 Å². The van der Waals surface area contributed by atoms with E-state index in [0.29, 0.717) is 36.3 Å². The molecule has 0 unspecified atom stereocenters. The van der Waals surface area contributed by atoms with Gasteiger partial charge in [0.1, 0.15) is 11.9 Å². The van der Waals surface area contributed by atoms with Crippen LogP contribution >= 0.6 is 0 Å². The zero-order valence-corrected chi connectivity index (χ0v) is 29.3. The number of fused-ring (bicyclic) bond motifs is 1. The van der Waals surface area contributed by atoms with Crippen molar-refractivity contribution < 1.29 is 42.2 Å². The first-order valence-electron chi connectivity index (χ1n) is 17.0. The van der Waals surface area contributed by atoms with E-state index in [0.717, 1.165) is 12.1 Å². The number of halogens is 3. The fourth-order valence-electron chi connectivity index (χ4n) is 5.63. The van der Waals surface area contributed by atoms with Gasteiger partial charge in [-0.25, -0.2) is 4.79 Å². The number of anilines is 4. The van der Waals surface area contributed by atoms with Gasteiger partial charge in [0.2, 0.25) is 11.8 Å². The molecule has 12 nitrogen and oxygen atoms in total. The minimum absolute atomic E-state index is 0.0586. The summed E-state index contributed by atoms with van der Waals surface area (Å²) in [7, 11) is 1.52. The van der Waals surface area contributed by atoms with Crippen LogP contribution in [-0.2, 0) is 15.8 Å². The van der Waals surface area contributed by atoms with E-state index >= 15 is 0 Å². The third-order valence-corrected chi connectivity index (χ3v) is 8.76. The molecule has 3 atom stereocenters. The van der Waals surface area contributed by atoms with E-state index in [-0.39, 0.29) is 67.3 Å². The summed E-state index contributed by atoms with van der Waals surface area (Å²) in [5.74, 6) is -0.921. The molecule has 0 bridgehead atoms. The second kappa shape index (κ2) is 17.8. The number of aliphatic hydroxyl groups is 1. The smallest absolute Gasteiger partial charge is 0.416 e. The highest BCUT2D eigenvalue weighted by atomic mass is 19.4. The van der Waals surface area contributed by atoms with E-state index in [9.17, 15) is 37.5 Å². The number of likely N-dealkylation sites (N-methyl/N-ethyl adjacent to an activating group) is 1. The normalized spacial score (nSPS) is 16.4. The van der Waals surface area contributed by atoms with Crippen molar-refractivity contribution in [2.75, 3.05) is 48.4 Å². The first-order valence-corrected chi connectivity index (χ1v) is 17.0. The van der Waals surface area contributed by atoms with Crippen LogP contribution < -0.4 is 26.4 Å². The summed E-state index contributed by atoms with van der Waals surface area (Å²) in [6.45, 7) is 3.50. The maximum Gasteiger partial charge on any atom is 0.416 e. The fourth-order valence-corrected chi connectivity index (χ4v) is 5.63. The molecule has 0 spiro atoms. The lowest BCUT2D eigenvalue weighted by atomic mass is 9.99. The first kappa shape index (κ1) is 39.5. The molecule has 1 aliphatic heterocycles. The lowest BCUT2D eigenvalue weighted by Crippen LogP contribution is -2.50. The number of aliphatic hydroxyl groups excluding tert-OH is 1. The van der Waals surface area contributed by atoms with E-state index in [4.69, 9.17) is 10.5 Å². The number of nitrogens with two attached hydrogens (primary N) is 1. The van der Waals surface area contributed by atoms with Gasteiger partial charge in [0.25, 0.3) is 5.91 Å². The van der Waals surface area contributed by atoms with E-state index < -0.39 is 35.8 Å². The Morgan fingerprint density at radius 2 is 1.60 bits per heavy atom. The van der Waals surface area contributed by atoms with Gasteiger partial charge < -0.3 is 41.3 Å². The number of urea groups is 1. The Morgan fingerprint density at radius 3 is 2.23 bits per heavy atom. The Balaban J connectivity index is 1.37. The van der Waals surface area contributed by atoms with Crippen LogP contribution in [0.25, 0.3) is 0 Å². The molecule has 6 N–H and O–H groups in total. The molecule has 0 aliphatic carbocycles. The Bertz CT molecular complexity index is 1720. The fraction of sp³-hybridized carbons (Fsp3) is 0.405. The Hall–Kier alpha value is -5.31. The number of ether oxygens (including phenoxy) is 1. The number of hydrogen-bond acceptors (Lipinski definition) is 7. The standard InChI is InChI=1S/C37H45F3N6O6/c1-23-20-46(24(2)22-47)35(50)28-19-27(42-33(48)11-5-4-6-12-34(49)44-30-10-8-7-9-29(30)41)17-18-31(28)52-32(23)21-45(3)36(51)43-26-15-13-25(14-16-26)37(38,39)40/h7-10,13-19,23-24,32,47H,4-6,11-12,20-22,41H2,1-3H3,(H,42,48)(H,43,51)(H,44,49)/t23-,24+,32-/m0/s1. The second-order valence-corrected chi connectivity index (χ2v) is 13.0. The van der Waals surface area contributed by atoms with Crippen LogP contribution in [-0.4, -0.2) is 77.5 Å². The number of amides is 5. The van der Waals surface area contributed by atoms with Crippen molar-refractivity contribution >= 4 is 46.5 Å². The summed E-state index contributed by atoms with van der Waals surface area (Å²) in [6.07, 6.45) is -2.88. The number of nitrogens with one attached hydrogen (secondary N) is 3. The van der Waals surface area contributed by atoms with Crippen LogP contribution in [0.3, 0.4) is 0 Å². The quantitative estimate of drug-likeness (QED) is 0.103. The average Bonchev–Trinajstić information content (AvgIpc) is 3.10. The molecule has 0 aromatic heterocycles. The molecule has 4 rings (SSSR count). The maximum atomic E-state index is 13.8. The van der Waals surface area contributed by atoms with Crippen molar-refractivity contribution in [3.8, 4) is 5.75 Å². The van der Waals surface area contributed by atoms with Crippen LogP contribution in [0.5, 0.6) is 5.75 Å². The van der Waals surface area contributed by atoms with Crippen LogP contribution in [0.1, 0.15) is 61.9 Å². The summed E-state index contributed by atoms with van der Waals surface area (Å²) in [6, 6.07) is 14.6. The van der Waals surface area contributed by atoms with Crippen molar-refractivity contribution in [2.45, 2.75) is 64.3 Å². The number of rotatable bonds is 13. The number of nitrogen functional groups attached to an aromatic ring is 1. The molecule has 0 saturated heterocycles. The van der Waals surface area contributed by atoms with Gasteiger partial charge in [-0.1, -0.05) is 25.5 Å². The molecule has 0 radical (unpaired) electrons. The molecule has 15 heteroatoms.